The summed E-state index contributed by atoms with van der Waals surface area (Å²) in [5.74, 6) is 0.595. The smallest absolute Gasteiger partial charge is 0.257 e. The molecule has 1 rings (SSSR count). The van der Waals surface area contributed by atoms with Crippen LogP contribution in [0.5, 0.6) is 5.75 Å². The zero-order valence-corrected chi connectivity index (χ0v) is 13.5. The number of aliphatic hydroxyl groups excluding tert-OH is 1. The van der Waals surface area contributed by atoms with Gasteiger partial charge in [-0.15, -0.1) is 0 Å². The van der Waals surface area contributed by atoms with E-state index in [-0.39, 0.29) is 24.5 Å². The molecule has 0 aromatic heterocycles. The highest BCUT2D eigenvalue weighted by atomic mass is 16.5. The van der Waals surface area contributed by atoms with Crippen LogP contribution in [0.15, 0.2) is 18.2 Å². The van der Waals surface area contributed by atoms with Crippen LogP contribution in [0.2, 0.25) is 0 Å². The highest BCUT2D eigenvalue weighted by molar-refractivity contribution is 5.77. The van der Waals surface area contributed by atoms with E-state index in [1.54, 1.807) is 0 Å². The van der Waals surface area contributed by atoms with Gasteiger partial charge in [0, 0.05) is 13.2 Å². The number of hydrogen-bond donors (Lipinski definition) is 2. The summed E-state index contributed by atoms with van der Waals surface area (Å²) in [6, 6.07) is 5.80. The lowest BCUT2D eigenvalue weighted by molar-refractivity contribution is -0.123. The zero-order valence-electron chi connectivity index (χ0n) is 13.5. The van der Waals surface area contributed by atoms with Gasteiger partial charge < -0.3 is 15.2 Å². The molecule has 4 heteroatoms. The van der Waals surface area contributed by atoms with Gasteiger partial charge in [-0.25, -0.2) is 0 Å². The van der Waals surface area contributed by atoms with E-state index in [1.807, 2.05) is 32.0 Å². The maximum absolute atomic E-state index is 11.8. The lowest BCUT2D eigenvalue weighted by Crippen LogP contribution is -2.36. The molecule has 118 valence electrons. The Morgan fingerprint density at radius 1 is 1.29 bits per heavy atom. The predicted molar refractivity (Wildman–Crippen MR) is 84.5 cm³/mol. The first-order chi connectivity index (χ1) is 9.84. The number of hydrogen-bond acceptors (Lipinski definition) is 3. The standard InChI is InChI=1S/C17H27NO3/c1-13-6-7-15(10-14(13)2)21-11-16(20)18-12-17(3,4)8-5-9-19/h6-7,10,19H,5,8-9,11-12H2,1-4H3,(H,18,20). The Labute approximate surface area is 127 Å². The van der Waals surface area contributed by atoms with Crippen LogP contribution < -0.4 is 10.1 Å². The van der Waals surface area contributed by atoms with Crippen LogP contribution in [-0.4, -0.2) is 30.8 Å². The fourth-order valence-electron chi connectivity index (χ4n) is 1.99. The van der Waals surface area contributed by atoms with E-state index in [2.05, 4.69) is 19.2 Å². The molecule has 0 aliphatic heterocycles. The van der Waals surface area contributed by atoms with Crippen molar-refractivity contribution in [2.45, 2.75) is 40.5 Å². The number of benzene rings is 1. The maximum Gasteiger partial charge on any atom is 0.257 e. The van der Waals surface area contributed by atoms with Crippen molar-refractivity contribution in [2.75, 3.05) is 19.8 Å². The minimum Gasteiger partial charge on any atom is -0.484 e. The second-order valence-corrected chi connectivity index (χ2v) is 6.30. The normalized spacial score (nSPS) is 11.3. The Hall–Kier alpha value is -1.55. The Kier molecular flexibility index (Phi) is 6.69. The molecule has 1 aromatic carbocycles. The fourth-order valence-corrected chi connectivity index (χ4v) is 1.99. The molecule has 0 radical (unpaired) electrons. The third-order valence-electron chi connectivity index (χ3n) is 3.62. The summed E-state index contributed by atoms with van der Waals surface area (Å²) in [7, 11) is 0. The van der Waals surface area contributed by atoms with E-state index >= 15 is 0 Å². The Balaban J connectivity index is 2.35. The number of ether oxygens (including phenoxy) is 1. The molecular formula is C17H27NO3. The molecule has 1 aromatic rings. The summed E-state index contributed by atoms with van der Waals surface area (Å²) >= 11 is 0. The summed E-state index contributed by atoms with van der Waals surface area (Å²) in [5.41, 5.74) is 2.34. The second-order valence-electron chi connectivity index (χ2n) is 6.30. The molecule has 0 saturated heterocycles. The third kappa shape index (κ3) is 6.63. The van der Waals surface area contributed by atoms with Gasteiger partial charge >= 0.3 is 0 Å². The summed E-state index contributed by atoms with van der Waals surface area (Å²) in [6.07, 6.45) is 1.63. The van der Waals surface area contributed by atoms with Gasteiger partial charge in [0.25, 0.3) is 5.91 Å². The van der Waals surface area contributed by atoms with Gasteiger partial charge in [-0.2, -0.15) is 0 Å². The van der Waals surface area contributed by atoms with Crippen LogP contribution in [-0.2, 0) is 4.79 Å². The first-order valence-corrected chi connectivity index (χ1v) is 7.42. The first kappa shape index (κ1) is 17.5. The van der Waals surface area contributed by atoms with E-state index in [4.69, 9.17) is 9.84 Å². The summed E-state index contributed by atoms with van der Waals surface area (Å²) in [4.78, 5) is 11.8. The van der Waals surface area contributed by atoms with Gasteiger partial charge in [-0.3, -0.25) is 4.79 Å². The number of amides is 1. The summed E-state index contributed by atoms with van der Waals surface area (Å²) in [5, 5.41) is 11.7. The molecule has 0 saturated carbocycles. The number of carbonyl (C=O) groups excluding carboxylic acids is 1. The molecule has 0 atom stereocenters. The summed E-state index contributed by atoms with van der Waals surface area (Å²) in [6.45, 7) is 9.01. The van der Waals surface area contributed by atoms with Crippen molar-refractivity contribution in [3.05, 3.63) is 29.3 Å². The molecule has 0 bridgehead atoms. The van der Waals surface area contributed by atoms with Crippen LogP contribution in [0.25, 0.3) is 0 Å². The summed E-state index contributed by atoms with van der Waals surface area (Å²) < 4.78 is 5.50. The van der Waals surface area contributed by atoms with Gasteiger partial charge in [-0.1, -0.05) is 19.9 Å². The first-order valence-electron chi connectivity index (χ1n) is 7.42. The van der Waals surface area contributed by atoms with E-state index in [1.165, 1.54) is 5.56 Å². The van der Waals surface area contributed by atoms with Crippen molar-refractivity contribution in [1.82, 2.24) is 5.32 Å². The van der Waals surface area contributed by atoms with Gasteiger partial charge in [-0.05, 0) is 55.4 Å². The van der Waals surface area contributed by atoms with Gasteiger partial charge in [0.1, 0.15) is 5.75 Å². The second kappa shape index (κ2) is 8.03. The topological polar surface area (TPSA) is 58.6 Å². The maximum atomic E-state index is 11.8. The van der Waals surface area contributed by atoms with Crippen LogP contribution in [0.3, 0.4) is 0 Å². The molecule has 0 fully saturated rings. The number of carbonyl (C=O) groups is 1. The number of rotatable bonds is 8. The molecule has 0 heterocycles. The van der Waals surface area contributed by atoms with Gasteiger partial charge in [0.15, 0.2) is 6.61 Å². The molecule has 2 N–H and O–H groups in total. The predicted octanol–water partition coefficient (Wildman–Crippen LogP) is 2.60. The Morgan fingerprint density at radius 2 is 2.00 bits per heavy atom. The third-order valence-corrected chi connectivity index (χ3v) is 3.62. The van der Waals surface area contributed by atoms with E-state index in [9.17, 15) is 4.79 Å². The number of nitrogens with one attached hydrogen (secondary N) is 1. The SMILES string of the molecule is Cc1ccc(OCC(=O)NCC(C)(C)CCCO)cc1C. The molecule has 1 amide bonds. The molecule has 0 unspecified atom stereocenters. The van der Waals surface area contributed by atoms with Gasteiger partial charge in [0.05, 0.1) is 0 Å². The van der Waals surface area contributed by atoms with Crippen LogP contribution in [0, 0.1) is 19.3 Å². The fraction of sp³-hybridized carbons (Fsp3) is 0.588. The molecular weight excluding hydrogens is 266 g/mol. The lowest BCUT2D eigenvalue weighted by atomic mass is 9.88. The quantitative estimate of drug-likeness (QED) is 0.774. The molecule has 0 aliphatic rings. The largest absolute Gasteiger partial charge is 0.484 e. The number of aryl methyl sites for hydroxylation is 2. The zero-order chi connectivity index (χ0) is 15.9. The van der Waals surface area contributed by atoms with E-state index in [0.29, 0.717) is 12.3 Å². The van der Waals surface area contributed by atoms with Crippen molar-refractivity contribution in [2.24, 2.45) is 5.41 Å². The molecule has 4 nitrogen and oxygen atoms in total. The Morgan fingerprint density at radius 3 is 2.62 bits per heavy atom. The molecule has 21 heavy (non-hydrogen) atoms. The van der Waals surface area contributed by atoms with Gasteiger partial charge in [0.2, 0.25) is 0 Å². The average molecular weight is 293 g/mol. The monoisotopic (exact) mass is 293 g/mol. The van der Waals surface area contributed by atoms with Crippen molar-refractivity contribution < 1.29 is 14.6 Å². The highest BCUT2D eigenvalue weighted by Gasteiger charge is 2.18. The average Bonchev–Trinajstić information content (AvgIpc) is 2.44. The van der Waals surface area contributed by atoms with Crippen molar-refractivity contribution in [1.29, 1.82) is 0 Å². The highest BCUT2D eigenvalue weighted by Crippen LogP contribution is 2.20. The molecule has 0 aliphatic carbocycles. The Bertz CT molecular complexity index is 469. The van der Waals surface area contributed by atoms with Crippen molar-refractivity contribution >= 4 is 5.91 Å². The van der Waals surface area contributed by atoms with E-state index in [0.717, 1.165) is 18.4 Å². The minimum absolute atomic E-state index is 0.0150. The number of aliphatic hydroxyl groups is 1. The van der Waals surface area contributed by atoms with Crippen molar-refractivity contribution in [3.8, 4) is 5.75 Å². The van der Waals surface area contributed by atoms with Crippen LogP contribution in [0.1, 0.15) is 37.8 Å². The van der Waals surface area contributed by atoms with Crippen LogP contribution in [0.4, 0.5) is 0 Å². The van der Waals surface area contributed by atoms with Crippen LogP contribution >= 0.6 is 0 Å². The lowest BCUT2D eigenvalue weighted by Gasteiger charge is -2.24. The van der Waals surface area contributed by atoms with E-state index < -0.39 is 0 Å². The molecule has 0 spiro atoms. The minimum atomic E-state index is -0.120. The van der Waals surface area contributed by atoms with Crippen molar-refractivity contribution in [3.63, 3.8) is 0 Å².